The van der Waals surface area contributed by atoms with E-state index >= 15 is 0 Å². The molecule has 0 spiro atoms. The number of halogens is 2. The van der Waals surface area contributed by atoms with Gasteiger partial charge in [-0.15, -0.1) is 0 Å². The highest BCUT2D eigenvalue weighted by atomic mass is 19.1. The molecule has 1 amide bonds. The number of hydrogen-bond donors (Lipinski definition) is 0. The van der Waals surface area contributed by atoms with Gasteiger partial charge in [-0.25, -0.2) is 8.78 Å². The summed E-state index contributed by atoms with van der Waals surface area (Å²) in [6.07, 6.45) is 3.19. The van der Waals surface area contributed by atoms with Crippen LogP contribution in [0.15, 0.2) is 36.4 Å². The number of nitrogens with zero attached hydrogens (tertiary/aromatic N) is 1. The van der Waals surface area contributed by atoms with Gasteiger partial charge < -0.3 is 4.90 Å². The van der Waals surface area contributed by atoms with Crippen molar-refractivity contribution in [2.45, 2.75) is 44.1 Å². The number of benzene rings is 2. The van der Waals surface area contributed by atoms with Crippen LogP contribution in [0.2, 0.25) is 0 Å². The zero-order valence-electron chi connectivity index (χ0n) is 14.5. The third kappa shape index (κ3) is 2.46. The summed E-state index contributed by atoms with van der Waals surface area (Å²) in [7, 11) is 1.90. The molecule has 2 aromatic rings. The number of rotatable bonds is 1. The molecule has 1 heterocycles. The maximum atomic E-state index is 14.1. The van der Waals surface area contributed by atoms with Gasteiger partial charge in [0.25, 0.3) is 0 Å². The molecule has 2 atom stereocenters. The van der Waals surface area contributed by atoms with Crippen molar-refractivity contribution in [3.63, 3.8) is 0 Å². The molecule has 0 unspecified atom stereocenters. The van der Waals surface area contributed by atoms with E-state index in [0.29, 0.717) is 12.0 Å². The number of fused-ring (bicyclic) bond motifs is 3. The first-order valence-electron chi connectivity index (χ1n) is 8.74. The van der Waals surface area contributed by atoms with Gasteiger partial charge in [-0.05, 0) is 48.1 Å². The van der Waals surface area contributed by atoms with Gasteiger partial charge in [0, 0.05) is 36.6 Å². The lowest BCUT2D eigenvalue weighted by Gasteiger charge is -2.50. The van der Waals surface area contributed by atoms with Crippen LogP contribution in [0.1, 0.15) is 37.3 Å². The third-order valence-corrected chi connectivity index (χ3v) is 6.10. The summed E-state index contributed by atoms with van der Waals surface area (Å²) >= 11 is 0. The normalized spacial score (nSPS) is 25.5. The number of aryl methyl sites for hydroxylation is 1. The highest BCUT2D eigenvalue weighted by molar-refractivity contribution is 5.78. The Balaban J connectivity index is 1.77. The summed E-state index contributed by atoms with van der Waals surface area (Å²) < 4.78 is 27.3. The summed E-state index contributed by atoms with van der Waals surface area (Å²) in [4.78, 5) is 14.0. The second kappa shape index (κ2) is 5.65. The Bertz CT molecular complexity index is 863. The van der Waals surface area contributed by atoms with E-state index in [1.807, 2.05) is 24.1 Å². The van der Waals surface area contributed by atoms with E-state index < -0.39 is 11.6 Å². The molecule has 2 nitrogen and oxygen atoms in total. The molecule has 0 bridgehead atoms. The molecular formula is C21H21F2NO. The molecule has 1 fully saturated rings. The third-order valence-electron chi connectivity index (χ3n) is 6.10. The monoisotopic (exact) mass is 341 g/mol. The molecule has 1 saturated heterocycles. The van der Waals surface area contributed by atoms with E-state index in [0.717, 1.165) is 30.9 Å². The van der Waals surface area contributed by atoms with E-state index in [-0.39, 0.29) is 17.4 Å². The Kier molecular flexibility index (Phi) is 3.67. The van der Waals surface area contributed by atoms with Crippen molar-refractivity contribution in [3.05, 3.63) is 59.2 Å². The summed E-state index contributed by atoms with van der Waals surface area (Å²) in [5.74, 6) is -0.886. The lowest BCUT2D eigenvalue weighted by Crippen LogP contribution is -2.56. The van der Waals surface area contributed by atoms with Gasteiger partial charge >= 0.3 is 0 Å². The minimum absolute atomic E-state index is 0.0594. The van der Waals surface area contributed by atoms with Crippen LogP contribution in [0, 0.1) is 11.6 Å². The maximum Gasteiger partial charge on any atom is 0.222 e. The van der Waals surface area contributed by atoms with E-state index in [2.05, 4.69) is 13.0 Å². The number of carbonyl (C=O) groups is 1. The molecule has 2 aromatic carbocycles. The average Bonchev–Trinajstić information content (AvgIpc) is 2.58. The molecule has 0 aromatic heterocycles. The molecule has 2 aliphatic rings. The highest BCUT2D eigenvalue weighted by Gasteiger charge is 2.46. The lowest BCUT2D eigenvalue weighted by molar-refractivity contribution is -0.138. The van der Waals surface area contributed by atoms with Crippen LogP contribution in [0.25, 0.3) is 11.1 Å². The van der Waals surface area contributed by atoms with Crippen LogP contribution in [0.4, 0.5) is 8.78 Å². The minimum Gasteiger partial charge on any atom is -0.342 e. The molecule has 25 heavy (non-hydrogen) atoms. The smallest absolute Gasteiger partial charge is 0.222 e. The lowest BCUT2D eigenvalue weighted by atomic mass is 9.63. The topological polar surface area (TPSA) is 20.3 Å². The van der Waals surface area contributed by atoms with Crippen molar-refractivity contribution in [2.75, 3.05) is 7.05 Å². The number of likely N-dealkylation sites (N-methyl/N-ethyl adjacent to an activating group) is 1. The minimum atomic E-state index is -0.565. The zero-order chi connectivity index (χ0) is 17.8. The number of piperidine rings is 1. The molecule has 4 heteroatoms. The fourth-order valence-corrected chi connectivity index (χ4v) is 4.68. The molecule has 130 valence electrons. The average molecular weight is 341 g/mol. The van der Waals surface area contributed by atoms with Crippen molar-refractivity contribution in [3.8, 4) is 11.1 Å². The van der Waals surface area contributed by atoms with Crippen molar-refractivity contribution in [2.24, 2.45) is 0 Å². The summed E-state index contributed by atoms with van der Waals surface area (Å²) in [6.45, 7) is 2.23. The van der Waals surface area contributed by atoms with E-state index in [1.165, 1.54) is 23.3 Å². The maximum absolute atomic E-state index is 14.1. The Morgan fingerprint density at radius 3 is 2.68 bits per heavy atom. The quantitative estimate of drug-likeness (QED) is 0.750. The Morgan fingerprint density at radius 2 is 1.92 bits per heavy atom. The fourth-order valence-electron chi connectivity index (χ4n) is 4.68. The summed E-state index contributed by atoms with van der Waals surface area (Å²) in [6, 6.07) is 9.94. The van der Waals surface area contributed by atoms with Crippen LogP contribution in [0.3, 0.4) is 0 Å². The fraction of sp³-hybridized carbons (Fsp3) is 0.381. The molecule has 0 N–H and O–H groups in total. The first-order valence-corrected chi connectivity index (χ1v) is 8.74. The molecule has 4 rings (SSSR count). The first-order chi connectivity index (χ1) is 11.9. The Morgan fingerprint density at radius 1 is 1.12 bits per heavy atom. The molecule has 1 aliphatic carbocycles. The van der Waals surface area contributed by atoms with E-state index in [1.54, 1.807) is 0 Å². The Hall–Kier alpha value is -2.23. The van der Waals surface area contributed by atoms with Crippen LogP contribution in [0.5, 0.6) is 0 Å². The number of hydrogen-bond acceptors (Lipinski definition) is 1. The molecule has 0 saturated carbocycles. The molecule has 0 radical (unpaired) electrons. The van der Waals surface area contributed by atoms with Crippen LogP contribution >= 0.6 is 0 Å². The van der Waals surface area contributed by atoms with Crippen molar-refractivity contribution in [1.82, 2.24) is 4.90 Å². The molecule has 1 aliphatic heterocycles. The van der Waals surface area contributed by atoms with Crippen LogP contribution < -0.4 is 0 Å². The van der Waals surface area contributed by atoms with Gasteiger partial charge in [0.1, 0.15) is 11.6 Å². The number of likely N-dealkylation sites (tertiary alicyclic amines) is 1. The van der Waals surface area contributed by atoms with Crippen LogP contribution in [-0.2, 0) is 16.6 Å². The summed E-state index contributed by atoms with van der Waals surface area (Å²) in [5, 5.41) is 0. The van der Waals surface area contributed by atoms with Gasteiger partial charge in [-0.1, -0.05) is 25.1 Å². The van der Waals surface area contributed by atoms with Gasteiger partial charge in [0.15, 0.2) is 0 Å². The number of amides is 1. The van der Waals surface area contributed by atoms with E-state index in [9.17, 15) is 13.6 Å². The zero-order valence-corrected chi connectivity index (χ0v) is 14.5. The predicted octanol–water partition coefficient (Wildman–Crippen LogP) is 4.46. The van der Waals surface area contributed by atoms with Gasteiger partial charge in [0.05, 0.1) is 0 Å². The van der Waals surface area contributed by atoms with Gasteiger partial charge in [0.2, 0.25) is 5.91 Å². The van der Waals surface area contributed by atoms with Gasteiger partial charge in [-0.3, -0.25) is 4.79 Å². The SMILES string of the molecule is CN1C(=O)CC[C@]2(C)c3ccc(-c4ccc(F)cc4F)cc3CC[C@@H]12. The van der Waals surface area contributed by atoms with Crippen molar-refractivity contribution < 1.29 is 13.6 Å². The van der Waals surface area contributed by atoms with Crippen molar-refractivity contribution >= 4 is 5.91 Å². The largest absolute Gasteiger partial charge is 0.342 e. The van der Waals surface area contributed by atoms with E-state index in [4.69, 9.17) is 0 Å². The summed E-state index contributed by atoms with van der Waals surface area (Å²) in [5.41, 5.74) is 3.61. The first kappa shape index (κ1) is 16.2. The van der Waals surface area contributed by atoms with Gasteiger partial charge in [-0.2, -0.15) is 0 Å². The molecular weight excluding hydrogens is 320 g/mol. The highest BCUT2D eigenvalue weighted by Crippen LogP contribution is 2.46. The van der Waals surface area contributed by atoms with Crippen molar-refractivity contribution in [1.29, 1.82) is 0 Å². The number of carbonyl (C=O) groups excluding carboxylic acids is 1. The second-order valence-corrected chi connectivity index (χ2v) is 7.47. The standard InChI is InChI=1S/C21H21F2NO/c1-21-10-9-20(25)24(2)19(21)8-4-14-11-13(3-7-17(14)21)16-6-5-15(22)12-18(16)23/h3,5-7,11-12,19H,4,8-10H2,1-2H3/t19-,21-/m1/s1. The van der Waals surface area contributed by atoms with Crippen LogP contribution in [-0.4, -0.2) is 23.9 Å². The Labute approximate surface area is 146 Å². The second-order valence-electron chi connectivity index (χ2n) is 7.47. The predicted molar refractivity (Wildman–Crippen MR) is 93.3 cm³/mol.